The lowest BCUT2D eigenvalue weighted by Crippen LogP contribution is -2.20. The van der Waals surface area contributed by atoms with E-state index in [2.05, 4.69) is 0 Å². The summed E-state index contributed by atoms with van der Waals surface area (Å²) in [6.07, 6.45) is 1.42. The smallest absolute Gasteiger partial charge is 0.343 e. The predicted molar refractivity (Wildman–Crippen MR) is 113 cm³/mol. The average Bonchev–Trinajstić information content (AvgIpc) is 2.75. The highest BCUT2D eigenvalue weighted by molar-refractivity contribution is 6.26. The molecule has 0 unspecified atom stereocenters. The van der Waals surface area contributed by atoms with Crippen LogP contribution in [-0.2, 0) is 16.1 Å². The highest BCUT2D eigenvalue weighted by atomic mass is 16.5. The van der Waals surface area contributed by atoms with Crippen LogP contribution in [-0.4, -0.2) is 51.6 Å². The molecule has 0 N–H and O–H groups in total. The van der Waals surface area contributed by atoms with Gasteiger partial charge in [0, 0.05) is 32.4 Å². The molecule has 0 atom stereocenters. The molecular formula is C23H27NO6. The quantitative estimate of drug-likeness (QED) is 0.194. The number of ether oxygens (including phenoxy) is 4. The summed E-state index contributed by atoms with van der Waals surface area (Å²) in [4.78, 5) is 27.2. The summed E-state index contributed by atoms with van der Waals surface area (Å²) in [7, 11) is 6.29. The van der Waals surface area contributed by atoms with Gasteiger partial charge in [-0.1, -0.05) is 30.3 Å². The van der Waals surface area contributed by atoms with Gasteiger partial charge in [-0.3, -0.25) is 4.79 Å². The number of carbonyl (C=O) groups is 2. The van der Waals surface area contributed by atoms with E-state index in [0.29, 0.717) is 12.4 Å². The molecule has 0 spiro atoms. The molecule has 0 aliphatic heterocycles. The molecule has 0 aliphatic rings. The normalized spacial score (nSPS) is 10.9. The standard InChI is InChI=1S/C23H27NO6/c1-6-29-23(26)18(14-24(2)3)22(25)21-19(27-4)12-17(13-20(21)28-5)30-15-16-10-8-7-9-11-16/h7-14H,6,15H2,1-5H3. The van der Waals surface area contributed by atoms with Crippen LogP contribution in [0.2, 0.25) is 0 Å². The zero-order valence-electron chi connectivity index (χ0n) is 17.9. The SMILES string of the molecule is CCOC(=O)C(=CN(C)C)C(=O)c1c(OC)cc(OCc2ccccc2)cc1OC. The maximum absolute atomic E-state index is 13.3. The Morgan fingerprint density at radius 2 is 1.60 bits per heavy atom. The monoisotopic (exact) mass is 413 g/mol. The molecular weight excluding hydrogens is 386 g/mol. The Morgan fingerprint density at radius 3 is 2.10 bits per heavy atom. The zero-order valence-corrected chi connectivity index (χ0v) is 17.9. The first kappa shape index (κ1) is 22.8. The van der Waals surface area contributed by atoms with Gasteiger partial charge < -0.3 is 23.8 Å². The lowest BCUT2D eigenvalue weighted by atomic mass is 10.0. The van der Waals surface area contributed by atoms with Crippen LogP contribution < -0.4 is 14.2 Å². The molecule has 7 heteroatoms. The van der Waals surface area contributed by atoms with Gasteiger partial charge in [0.15, 0.2) is 0 Å². The van der Waals surface area contributed by atoms with E-state index < -0.39 is 11.8 Å². The van der Waals surface area contributed by atoms with Gasteiger partial charge in [0.05, 0.1) is 20.8 Å². The number of esters is 1. The Hall–Kier alpha value is -3.48. The Morgan fingerprint density at radius 1 is 1.00 bits per heavy atom. The number of benzene rings is 2. The van der Waals surface area contributed by atoms with Crippen LogP contribution in [0, 0.1) is 0 Å². The van der Waals surface area contributed by atoms with Crippen LogP contribution in [0.3, 0.4) is 0 Å². The predicted octanol–water partition coefficient (Wildman–Crippen LogP) is 3.47. The molecule has 2 aromatic carbocycles. The van der Waals surface area contributed by atoms with E-state index in [9.17, 15) is 9.59 Å². The van der Waals surface area contributed by atoms with Crippen LogP contribution >= 0.6 is 0 Å². The fraction of sp³-hybridized carbons (Fsp3) is 0.304. The van der Waals surface area contributed by atoms with Crippen molar-refractivity contribution in [3.8, 4) is 17.2 Å². The number of methoxy groups -OCH3 is 2. The van der Waals surface area contributed by atoms with E-state index in [4.69, 9.17) is 18.9 Å². The summed E-state index contributed by atoms with van der Waals surface area (Å²) in [6.45, 7) is 2.17. The Bertz CT molecular complexity index is 880. The molecule has 0 aromatic heterocycles. The lowest BCUT2D eigenvalue weighted by molar-refractivity contribution is -0.138. The summed E-state index contributed by atoms with van der Waals surface area (Å²) >= 11 is 0. The van der Waals surface area contributed by atoms with Crippen molar-refractivity contribution in [2.24, 2.45) is 0 Å². The van der Waals surface area contributed by atoms with Crippen LogP contribution in [0.5, 0.6) is 17.2 Å². The number of ketones is 1. The van der Waals surface area contributed by atoms with Gasteiger partial charge in [-0.15, -0.1) is 0 Å². The lowest BCUT2D eigenvalue weighted by Gasteiger charge is -2.17. The van der Waals surface area contributed by atoms with Crippen LogP contribution in [0.1, 0.15) is 22.8 Å². The minimum atomic E-state index is -0.718. The zero-order chi connectivity index (χ0) is 22.1. The largest absolute Gasteiger partial charge is 0.496 e. The van der Waals surface area contributed by atoms with Crippen LogP contribution in [0.4, 0.5) is 0 Å². The maximum atomic E-state index is 13.3. The molecule has 0 fully saturated rings. The second kappa shape index (κ2) is 10.9. The fourth-order valence-corrected chi connectivity index (χ4v) is 2.74. The van der Waals surface area contributed by atoms with Gasteiger partial charge in [0.2, 0.25) is 5.78 Å². The fourth-order valence-electron chi connectivity index (χ4n) is 2.74. The van der Waals surface area contributed by atoms with E-state index in [1.807, 2.05) is 30.3 Å². The molecule has 0 saturated carbocycles. The first-order valence-electron chi connectivity index (χ1n) is 9.44. The summed E-state index contributed by atoms with van der Waals surface area (Å²) in [5.41, 5.74) is 0.985. The summed E-state index contributed by atoms with van der Waals surface area (Å²) in [5.74, 6) is -0.346. The van der Waals surface area contributed by atoms with E-state index >= 15 is 0 Å². The first-order chi connectivity index (χ1) is 14.4. The Kier molecular flexibility index (Phi) is 8.29. The third kappa shape index (κ3) is 5.76. The minimum absolute atomic E-state index is 0.119. The van der Waals surface area contributed by atoms with Crippen molar-refractivity contribution in [3.63, 3.8) is 0 Å². The van der Waals surface area contributed by atoms with Crippen molar-refractivity contribution < 1.29 is 28.5 Å². The Balaban J connectivity index is 2.42. The van der Waals surface area contributed by atoms with Gasteiger partial charge >= 0.3 is 5.97 Å². The topological polar surface area (TPSA) is 74.3 Å². The summed E-state index contributed by atoms with van der Waals surface area (Å²) < 4.78 is 21.7. The van der Waals surface area contributed by atoms with Gasteiger partial charge in [0.25, 0.3) is 0 Å². The number of carbonyl (C=O) groups excluding carboxylic acids is 2. The molecule has 2 aromatic rings. The van der Waals surface area contributed by atoms with Crippen molar-refractivity contribution in [1.82, 2.24) is 4.90 Å². The van der Waals surface area contributed by atoms with Gasteiger partial charge in [0.1, 0.15) is 35.0 Å². The second-order valence-corrected chi connectivity index (χ2v) is 6.53. The molecule has 0 heterocycles. The molecule has 0 amide bonds. The summed E-state index contributed by atoms with van der Waals surface area (Å²) in [5, 5.41) is 0. The first-order valence-corrected chi connectivity index (χ1v) is 9.44. The molecule has 0 saturated heterocycles. The number of hydrogen-bond acceptors (Lipinski definition) is 7. The number of Topliss-reactive ketones (excluding diaryl/α,β-unsaturated/α-hetero) is 1. The molecule has 30 heavy (non-hydrogen) atoms. The average molecular weight is 413 g/mol. The highest BCUT2D eigenvalue weighted by Crippen LogP contribution is 2.36. The third-order valence-corrected chi connectivity index (χ3v) is 4.08. The van der Waals surface area contributed by atoms with E-state index in [-0.39, 0.29) is 29.2 Å². The maximum Gasteiger partial charge on any atom is 0.343 e. The molecule has 0 radical (unpaired) electrons. The molecule has 0 bridgehead atoms. The van der Waals surface area contributed by atoms with Gasteiger partial charge in [-0.2, -0.15) is 0 Å². The van der Waals surface area contributed by atoms with Crippen molar-refractivity contribution in [2.75, 3.05) is 34.9 Å². The van der Waals surface area contributed by atoms with Crippen molar-refractivity contribution in [3.05, 3.63) is 65.4 Å². The minimum Gasteiger partial charge on any atom is -0.496 e. The van der Waals surface area contributed by atoms with Gasteiger partial charge in [-0.05, 0) is 12.5 Å². The van der Waals surface area contributed by atoms with E-state index in [1.165, 1.54) is 20.4 Å². The Labute approximate surface area is 176 Å². The van der Waals surface area contributed by atoms with Gasteiger partial charge in [-0.25, -0.2) is 4.79 Å². The van der Waals surface area contributed by atoms with Crippen molar-refractivity contribution in [2.45, 2.75) is 13.5 Å². The molecule has 160 valence electrons. The van der Waals surface area contributed by atoms with Crippen LogP contribution in [0.15, 0.2) is 54.2 Å². The number of nitrogens with zero attached hydrogens (tertiary/aromatic N) is 1. The van der Waals surface area contributed by atoms with Crippen molar-refractivity contribution >= 4 is 11.8 Å². The molecule has 7 nitrogen and oxygen atoms in total. The number of rotatable bonds is 10. The summed E-state index contributed by atoms with van der Waals surface area (Å²) in [6, 6.07) is 12.9. The second-order valence-electron chi connectivity index (χ2n) is 6.53. The molecule has 2 rings (SSSR count). The molecule has 0 aliphatic carbocycles. The van der Waals surface area contributed by atoms with E-state index in [0.717, 1.165) is 5.56 Å². The van der Waals surface area contributed by atoms with Crippen molar-refractivity contribution in [1.29, 1.82) is 0 Å². The van der Waals surface area contributed by atoms with E-state index in [1.54, 1.807) is 38.1 Å². The van der Waals surface area contributed by atoms with Crippen LogP contribution in [0.25, 0.3) is 0 Å². The highest BCUT2D eigenvalue weighted by Gasteiger charge is 2.28. The number of hydrogen-bond donors (Lipinski definition) is 0. The third-order valence-electron chi connectivity index (χ3n) is 4.08.